The number of fused-ring (bicyclic) bond motifs is 1. The van der Waals surface area contributed by atoms with Crippen LogP contribution in [0.4, 0.5) is 5.69 Å². The Morgan fingerprint density at radius 2 is 2.09 bits per heavy atom. The second-order valence-electron chi connectivity index (χ2n) is 5.44. The summed E-state index contributed by atoms with van der Waals surface area (Å²) in [5.74, 6) is 1.18. The zero-order chi connectivity index (χ0) is 15.7. The molecule has 2 aromatic rings. The second-order valence-corrected chi connectivity index (χ2v) is 6.89. The summed E-state index contributed by atoms with van der Waals surface area (Å²) >= 11 is 0. The second kappa shape index (κ2) is 6.01. The molecule has 114 valence electrons. The van der Waals surface area contributed by atoms with Crippen molar-refractivity contribution in [2.45, 2.75) is 26.0 Å². The molecule has 2 heterocycles. The molecule has 0 saturated heterocycles. The molecular formula is C17H18N2O2S. The van der Waals surface area contributed by atoms with Gasteiger partial charge in [0.15, 0.2) is 0 Å². The smallest absolute Gasteiger partial charge is 0.121 e. The predicted molar refractivity (Wildman–Crippen MR) is 89.4 cm³/mol. The van der Waals surface area contributed by atoms with Crippen molar-refractivity contribution in [2.75, 3.05) is 7.11 Å². The topological polar surface area (TPSA) is 51.5 Å². The summed E-state index contributed by atoms with van der Waals surface area (Å²) in [6.07, 6.45) is 2.45. The van der Waals surface area contributed by atoms with Gasteiger partial charge < -0.3 is 4.74 Å². The van der Waals surface area contributed by atoms with Gasteiger partial charge >= 0.3 is 0 Å². The number of aromatic nitrogens is 1. The lowest BCUT2D eigenvalue weighted by molar-refractivity contribution is 0.415. The van der Waals surface area contributed by atoms with Crippen LogP contribution in [0.2, 0.25) is 0 Å². The van der Waals surface area contributed by atoms with Gasteiger partial charge in [0.2, 0.25) is 0 Å². The fraction of sp³-hybridized carbons (Fsp3) is 0.294. The van der Waals surface area contributed by atoms with E-state index in [1.807, 2.05) is 38.2 Å². The predicted octanol–water partition coefficient (Wildman–Crippen LogP) is 3.24. The summed E-state index contributed by atoms with van der Waals surface area (Å²) in [4.78, 5) is 8.91. The highest BCUT2D eigenvalue weighted by Gasteiger charge is 2.21. The molecule has 1 atom stereocenters. The molecule has 4 nitrogen and oxygen atoms in total. The standard InChI is InChI=1S/C17H18N2O2S/c1-11-6-12(2)16(18-9-11)10-22(20)17-7-13-4-5-14(21-3)8-15(13)19-17/h4-6,8-9H,7,10H2,1-3H3. The number of methoxy groups -OCH3 is 1. The number of aliphatic imine (C=N–C) groups is 1. The van der Waals surface area contributed by atoms with Gasteiger partial charge in [-0.3, -0.25) is 9.19 Å². The lowest BCUT2D eigenvalue weighted by atomic mass is 10.1. The minimum atomic E-state index is -1.15. The Labute approximate surface area is 132 Å². The summed E-state index contributed by atoms with van der Waals surface area (Å²) in [5, 5.41) is 0.713. The number of pyridine rings is 1. The molecular weight excluding hydrogens is 296 g/mol. The zero-order valence-corrected chi connectivity index (χ0v) is 13.7. The summed E-state index contributed by atoms with van der Waals surface area (Å²) in [7, 11) is 0.479. The molecule has 1 aromatic heterocycles. The van der Waals surface area contributed by atoms with Crippen molar-refractivity contribution in [3.63, 3.8) is 0 Å². The lowest BCUT2D eigenvalue weighted by Gasteiger charge is -2.05. The van der Waals surface area contributed by atoms with E-state index in [0.717, 1.165) is 33.8 Å². The van der Waals surface area contributed by atoms with E-state index >= 15 is 0 Å². The van der Waals surface area contributed by atoms with E-state index in [4.69, 9.17) is 4.74 Å². The quantitative estimate of drug-likeness (QED) is 0.874. The van der Waals surface area contributed by atoms with Gasteiger partial charge in [-0.1, -0.05) is 12.1 Å². The third-order valence-corrected chi connectivity index (χ3v) is 5.03. The highest BCUT2D eigenvalue weighted by molar-refractivity contribution is 8.00. The maximum Gasteiger partial charge on any atom is 0.121 e. The van der Waals surface area contributed by atoms with Crippen molar-refractivity contribution in [3.05, 3.63) is 52.8 Å². The molecule has 1 aliphatic rings. The largest absolute Gasteiger partial charge is 0.497 e. The Balaban J connectivity index is 1.79. The highest BCUT2D eigenvalue weighted by atomic mass is 32.2. The third kappa shape index (κ3) is 2.95. The van der Waals surface area contributed by atoms with Gasteiger partial charge in [-0.25, -0.2) is 4.99 Å². The molecule has 3 rings (SSSR count). The van der Waals surface area contributed by atoms with Crippen molar-refractivity contribution < 1.29 is 8.95 Å². The van der Waals surface area contributed by atoms with Crippen LogP contribution in [0, 0.1) is 13.8 Å². The molecule has 0 amide bonds. The minimum Gasteiger partial charge on any atom is -0.497 e. The average Bonchev–Trinajstić information content (AvgIpc) is 2.93. The number of hydrogen-bond donors (Lipinski definition) is 0. The first-order valence-corrected chi connectivity index (χ1v) is 8.43. The van der Waals surface area contributed by atoms with E-state index in [1.54, 1.807) is 7.11 Å². The number of hydrogen-bond acceptors (Lipinski definition) is 4. The molecule has 1 aromatic carbocycles. The van der Waals surface area contributed by atoms with Crippen molar-refractivity contribution in [1.29, 1.82) is 0 Å². The van der Waals surface area contributed by atoms with Gasteiger partial charge in [-0.15, -0.1) is 0 Å². The molecule has 1 aliphatic heterocycles. The molecule has 0 fully saturated rings. The Morgan fingerprint density at radius 1 is 1.27 bits per heavy atom. The Morgan fingerprint density at radius 3 is 2.82 bits per heavy atom. The van der Waals surface area contributed by atoms with Gasteiger partial charge in [0.1, 0.15) is 10.8 Å². The van der Waals surface area contributed by atoms with Crippen LogP contribution in [-0.2, 0) is 23.0 Å². The Hall–Kier alpha value is -2.01. The van der Waals surface area contributed by atoms with Gasteiger partial charge in [0, 0.05) is 18.7 Å². The van der Waals surface area contributed by atoms with Crippen LogP contribution in [0.25, 0.3) is 0 Å². The van der Waals surface area contributed by atoms with Gasteiger partial charge in [-0.2, -0.15) is 0 Å². The monoisotopic (exact) mass is 314 g/mol. The van der Waals surface area contributed by atoms with E-state index in [1.165, 1.54) is 0 Å². The van der Waals surface area contributed by atoms with E-state index in [-0.39, 0.29) is 0 Å². The number of aryl methyl sites for hydroxylation is 2. The van der Waals surface area contributed by atoms with Crippen LogP contribution in [0.15, 0.2) is 35.5 Å². The number of ether oxygens (including phenoxy) is 1. The third-order valence-electron chi connectivity index (χ3n) is 3.73. The van der Waals surface area contributed by atoms with Crippen LogP contribution in [0.1, 0.15) is 22.4 Å². The van der Waals surface area contributed by atoms with E-state index in [0.29, 0.717) is 17.2 Å². The molecule has 5 heteroatoms. The van der Waals surface area contributed by atoms with E-state index in [2.05, 4.69) is 16.0 Å². The molecule has 1 unspecified atom stereocenters. The van der Waals surface area contributed by atoms with E-state index in [9.17, 15) is 4.21 Å². The number of nitrogens with zero attached hydrogens (tertiary/aromatic N) is 2. The first-order chi connectivity index (χ1) is 10.6. The summed E-state index contributed by atoms with van der Waals surface area (Å²) in [6.45, 7) is 4.01. The first kappa shape index (κ1) is 14.9. The fourth-order valence-electron chi connectivity index (χ4n) is 2.49. The van der Waals surface area contributed by atoms with E-state index < -0.39 is 10.8 Å². The van der Waals surface area contributed by atoms with Gasteiger partial charge in [0.05, 0.1) is 35.0 Å². The number of benzene rings is 1. The first-order valence-electron chi connectivity index (χ1n) is 7.12. The van der Waals surface area contributed by atoms with Crippen LogP contribution in [0.3, 0.4) is 0 Å². The molecule has 0 aliphatic carbocycles. The zero-order valence-electron chi connectivity index (χ0n) is 12.9. The van der Waals surface area contributed by atoms with Crippen LogP contribution in [0.5, 0.6) is 5.75 Å². The molecule has 0 saturated carbocycles. The SMILES string of the molecule is COc1ccc2c(c1)N=C(S(=O)Cc1ncc(C)cc1C)C2. The molecule has 0 N–H and O–H groups in total. The lowest BCUT2D eigenvalue weighted by Crippen LogP contribution is -2.11. The van der Waals surface area contributed by atoms with Crippen LogP contribution in [-0.4, -0.2) is 21.3 Å². The van der Waals surface area contributed by atoms with Crippen LogP contribution < -0.4 is 4.74 Å². The van der Waals surface area contributed by atoms with Gasteiger partial charge in [-0.05, 0) is 36.6 Å². The van der Waals surface area contributed by atoms with Crippen molar-refractivity contribution in [2.24, 2.45) is 4.99 Å². The number of rotatable bonds is 3. The molecule has 0 spiro atoms. The van der Waals surface area contributed by atoms with Crippen molar-refractivity contribution in [3.8, 4) is 5.75 Å². The Bertz CT molecular complexity index is 784. The molecule has 0 bridgehead atoms. The van der Waals surface area contributed by atoms with Gasteiger partial charge in [0.25, 0.3) is 0 Å². The minimum absolute atomic E-state index is 0.413. The fourth-order valence-corrected chi connectivity index (χ4v) is 3.73. The summed E-state index contributed by atoms with van der Waals surface area (Å²) in [6, 6.07) is 7.84. The maximum absolute atomic E-state index is 12.6. The molecule has 22 heavy (non-hydrogen) atoms. The Kier molecular flexibility index (Phi) is 4.07. The summed E-state index contributed by atoms with van der Waals surface area (Å²) in [5.41, 5.74) is 5.02. The van der Waals surface area contributed by atoms with Crippen molar-refractivity contribution >= 4 is 21.5 Å². The van der Waals surface area contributed by atoms with Crippen LogP contribution >= 0.6 is 0 Å². The maximum atomic E-state index is 12.6. The summed E-state index contributed by atoms with van der Waals surface area (Å²) < 4.78 is 17.8. The molecule has 0 radical (unpaired) electrons. The highest BCUT2D eigenvalue weighted by Crippen LogP contribution is 2.31. The average molecular weight is 314 g/mol. The normalized spacial score (nSPS) is 14.4. The van der Waals surface area contributed by atoms with Crippen molar-refractivity contribution in [1.82, 2.24) is 4.98 Å².